The molecule has 6 nitrogen and oxygen atoms in total. The lowest BCUT2D eigenvalue weighted by Gasteiger charge is -2.42. The van der Waals surface area contributed by atoms with E-state index in [9.17, 15) is 9.59 Å². The Morgan fingerprint density at radius 3 is 2.50 bits per heavy atom. The van der Waals surface area contributed by atoms with E-state index in [1.54, 1.807) is 11.5 Å². The molecule has 32 heavy (non-hydrogen) atoms. The van der Waals surface area contributed by atoms with E-state index in [2.05, 4.69) is 29.1 Å². The molecule has 2 N–H and O–H groups in total. The molecule has 3 aromatic rings. The maximum absolute atomic E-state index is 14.2. The molecule has 0 saturated heterocycles. The van der Waals surface area contributed by atoms with Gasteiger partial charge >= 0.3 is 0 Å². The number of carbonyl (C=O) groups is 1. The first kappa shape index (κ1) is 20.5. The number of hydrogen-bond acceptors (Lipinski definition) is 4. The average Bonchev–Trinajstić information content (AvgIpc) is 2.83. The number of rotatable bonds is 4. The highest BCUT2D eigenvalue weighted by Gasteiger charge is 2.43. The summed E-state index contributed by atoms with van der Waals surface area (Å²) < 4.78 is 1.61. The van der Waals surface area contributed by atoms with Crippen molar-refractivity contribution < 1.29 is 4.79 Å². The number of aromatic nitrogens is 2. The van der Waals surface area contributed by atoms with Gasteiger partial charge in [0.2, 0.25) is 11.9 Å². The Kier molecular flexibility index (Phi) is 5.29. The summed E-state index contributed by atoms with van der Waals surface area (Å²) in [7, 11) is 0. The second-order valence-electron chi connectivity index (χ2n) is 8.84. The second-order valence-corrected chi connectivity index (χ2v) is 8.84. The molecule has 1 spiro atoms. The number of hydrazine groups is 1. The van der Waals surface area contributed by atoms with Crippen LogP contribution in [0.5, 0.6) is 0 Å². The van der Waals surface area contributed by atoms with Crippen molar-refractivity contribution in [3.63, 3.8) is 0 Å². The van der Waals surface area contributed by atoms with Crippen LogP contribution in [0.2, 0.25) is 0 Å². The zero-order chi connectivity index (χ0) is 22.1. The molecule has 1 saturated carbocycles. The van der Waals surface area contributed by atoms with Crippen molar-refractivity contribution in [3.05, 3.63) is 76.1 Å². The molecule has 0 radical (unpaired) electrons. The van der Waals surface area contributed by atoms with Gasteiger partial charge in [0.1, 0.15) is 0 Å². The maximum Gasteiger partial charge on any atom is 0.263 e. The van der Waals surface area contributed by atoms with Crippen LogP contribution in [-0.4, -0.2) is 15.5 Å². The van der Waals surface area contributed by atoms with Gasteiger partial charge in [0.15, 0.2) is 0 Å². The lowest BCUT2D eigenvalue weighted by atomic mass is 9.62. The van der Waals surface area contributed by atoms with Crippen LogP contribution in [-0.2, 0) is 16.6 Å². The average molecular weight is 429 g/mol. The third-order valence-corrected chi connectivity index (χ3v) is 6.87. The quantitative estimate of drug-likeness (QED) is 0.600. The minimum atomic E-state index is -0.187. The molecule has 2 aromatic carbocycles. The van der Waals surface area contributed by atoms with Gasteiger partial charge in [-0.1, -0.05) is 68.7 Å². The lowest BCUT2D eigenvalue weighted by Crippen LogP contribution is -2.43. The van der Waals surface area contributed by atoms with E-state index in [-0.39, 0.29) is 16.9 Å². The lowest BCUT2D eigenvalue weighted by molar-refractivity contribution is -0.120. The van der Waals surface area contributed by atoms with E-state index >= 15 is 0 Å². The van der Waals surface area contributed by atoms with E-state index in [4.69, 9.17) is 4.98 Å². The highest BCUT2D eigenvalue weighted by molar-refractivity contribution is 5.77. The molecule has 6 heteroatoms. The van der Waals surface area contributed by atoms with Gasteiger partial charge in [-0.3, -0.25) is 20.4 Å². The summed E-state index contributed by atoms with van der Waals surface area (Å²) in [5, 5.41) is 0. The fourth-order valence-corrected chi connectivity index (χ4v) is 5.32. The van der Waals surface area contributed by atoms with Crippen molar-refractivity contribution in [1.82, 2.24) is 15.0 Å². The summed E-state index contributed by atoms with van der Waals surface area (Å²) in [6, 6.07) is 17.8. The monoisotopic (exact) mass is 428 g/mol. The number of benzene rings is 2. The van der Waals surface area contributed by atoms with E-state index in [0.717, 1.165) is 54.6 Å². The fourth-order valence-electron chi connectivity index (χ4n) is 5.32. The zero-order valence-corrected chi connectivity index (χ0v) is 18.4. The van der Waals surface area contributed by atoms with Crippen molar-refractivity contribution in [1.29, 1.82) is 0 Å². The Labute approximate surface area is 187 Å². The topological polar surface area (TPSA) is 76.0 Å². The van der Waals surface area contributed by atoms with Crippen molar-refractivity contribution in [2.24, 2.45) is 0 Å². The largest absolute Gasteiger partial charge is 0.273 e. The van der Waals surface area contributed by atoms with Crippen LogP contribution in [0.15, 0.2) is 59.4 Å². The van der Waals surface area contributed by atoms with Crippen LogP contribution < -0.4 is 16.4 Å². The summed E-state index contributed by atoms with van der Waals surface area (Å²) in [6.45, 7) is 1.78. The second kappa shape index (κ2) is 8.26. The number of hydrogen-bond donors (Lipinski definition) is 2. The Hall–Kier alpha value is -3.41. The number of para-hydroxylation sites is 1. The number of carbonyl (C=O) groups excluding carboxylic acids is 1. The van der Waals surface area contributed by atoms with Crippen LogP contribution >= 0.6 is 0 Å². The smallest absolute Gasteiger partial charge is 0.263 e. The minimum absolute atomic E-state index is 0.0501. The molecule has 5 rings (SSSR count). The van der Waals surface area contributed by atoms with Gasteiger partial charge < -0.3 is 0 Å². The number of fused-ring (bicyclic) bond motifs is 4. The SMILES string of the molecule is CCC(=O)NNc1nc2c(c(=O)n1-c1ccccc1)C1(CCCCC1)Cc1ccccc1-2. The van der Waals surface area contributed by atoms with Gasteiger partial charge in [-0.2, -0.15) is 0 Å². The van der Waals surface area contributed by atoms with E-state index in [0.29, 0.717) is 12.4 Å². The van der Waals surface area contributed by atoms with Crippen molar-refractivity contribution in [2.75, 3.05) is 5.43 Å². The standard InChI is InChI=1S/C26H28N4O2/c1-2-21(31)28-29-25-27-23-20-14-8-7-11-18(20)17-26(15-9-4-10-16-26)22(23)24(32)30(25)19-12-5-3-6-13-19/h3,5-8,11-14H,2,4,9-10,15-17H2,1H3,(H,27,29)(H,28,31). The van der Waals surface area contributed by atoms with Crippen molar-refractivity contribution >= 4 is 11.9 Å². The van der Waals surface area contributed by atoms with Crippen LogP contribution in [0.3, 0.4) is 0 Å². The maximum atomic E-state index is 14.2. The summed E-state index contributed by atoms with van der Waals surface area (Å²) in [4.78, 5) is 31.1. The predicted octanol–water partition coefficient (Wildman–Crippen LogP) is 4.51. The van der Waals surface area contributed by atoms with Crippen LogP contribution in [0.1, 0.15) is 56.6 Å². The fraction of sp³-hybridized carbons (Fsp3) is 0.346. The summed E-state index contributed by atoms with van der Waals surface area (Å²) in [5.41, 5.74) is 9.93. The van der Waals surface area contributed by atoms with Gasteiger partial charge in [0, 0.05) is 17.4 Å². The Bertz CT molecular complexity index is 1210. The predicted molar refractivity (Wildman–Crippen MR) is 126 cm³/mol. The van der Waals surface area contributed by atoms with E-state index in [1.807, 2.05) is 36.4 Å². The van der Waals surface area contributed by atoms with Gasteiger partial charge in [-0.25, -0.2) is 9.55 Å². The molecule has 164 valence electrons. The summed E-state index contributed by atoms with van der Waals surface area (Å²) in [6.07, 6.45) is 6.67. The first-order valence-electron chi connectivity index (χ1n) is 11.5. The molecule has 0 bridgehead atoms. The van der Waals surface area contributed by atoms with E-state index in [1.165, 1.54) is 12.0 Å². The molecule has 2 aliphatic carbocycles. The van der Waals surface area contributed by atoms with Gasteiger partial charge in [-0.05, 0) is 37.0 Å². The van der Waals surface area contributed by atoms with Gasteiger partial charge in [0.25, 0.3) is 5.56 Å². The minimum Gasteiger partial charge on any atom is -0.273 e. The van der Waals surface area contributed by atoms with Gasteiger partial charge in [-0.15, -0.1) is 0 Å². The third-order valence-electron chi connectivity index (χ3n) is 6.87. The molecule has 0 unspecified atom stereocenters. The summed E-state index contributed by atoms with van der Waals surface area (Å²) in [5.74, 6) is 0.158. The molecular formula is C26H28N4O2. The summed E-state index contributed by atoms with van der Waals surface area (Å²) >= 11 is 0. The highest BCUT2D eigenvalue weighted by Crippen LogP contribution is 2.48. The first-order chi connectivity index (χ1) is 15.6. The molecule has 1 amide bonds. The van der Waals surface area contributed by atoms with E-state index < -0.39 is 0 Å². The number of anilines is 1. The van der Waals surface area contributed by atoms with Crippen LogP contribution in [0, 0.1) is 0 Å². The highest BCUT2D eigenvalue weighted by atomic mass is 16.2. The molecule has 2 aliphatic rings. The molecule has 1 heterocycles. The molecular weight excluding hydrogens is 400 g/mol. The Balaban J connectivity index is 1.78. The molecule has 1 aromatic heterocycles. The van der Waals surface area contributed by atoms with Gasteiger partial charge in [0.05, 0.1) is 16.9 Å². The Morgan fingerprint density at radius 2 is 1.75 bits per heavy atom. The van der Waals surface area contributed by atoms with Crippen molar-refractivity contribution in [2.45, 2.75) is 57.3 Å². The molecule has 0 atom stereocenters. The number of amides is 1. The number of nitrogens with zero attached hydrogens (tertiary/aromatic N) is 2. The Morgan fingerprint density at radius 1 is 1.03 bits per heavy atom. The number of nitrogens with one attached hydrogen (secondary N) is 2. The molecule has 0 aliphatic heterocycles. The zero-order valence-electron chi connectivity index (χ0n) is 18.4. The molecule has 1 fully saturated rings. The van der Waals surface area contributed by atoms with Crippen LogP contribution in [0.4, 0.5) is 5.95 Å². The first-order valence-corrected chi connectivity index (χ1v) is 11.5. The van der Waals surface area contributed by atoms with Crippen molar-refractivity contribution in [3.8, 4) is 16.9 Å². The third kappa shape index (κ3) is 3.40. The van der Waals surface area contributed by atoms with Crippen LogP contribution in [0.25, 0.3) is 16.9 Å². The normalized spacial score (nSPS) is 16.2.